The predicted molar refractivity (Wildman–Crippen MR) is 68.6 cm³/mol. The fraction of sp³-hybridized carbons (Fsp3) is 0.923. The van der Waals surface area contributed by atoms with E-state index < -0.39 is 0 Å². The largest absolute Gasteiger partial charge is 0.342 e. The molecule has 2 rings (SSSR count). The molecule has 1 atom stereocenters. The lowest BCUT2D eigenvalue weighted by Gasteiger charge is -2.29. The molecule has 0 aliphatic carbocycles. The standard InChI is InChI=1S/C13H25N3O/c14-6-4-13(17)16-9-5-12(11-16)10-15-7-2-1-3-8-15/h12H,1-11,14H2. The van der Waals surface area contributed by atoms with Gasteiger partial charge in [-0.25, -0.2) is 0 Å². The van der Waals surface area contributed by atoms with Crippen LogP contribution in [-0.4, -0.2) is 55.0 Å². The van der Waals surface area contributed by atoms with Crippen molar-refractivity contribution in [2.75, 3.05) is 39.3 Å². The zero-order valence-electron chi connectivity index (χ0n) is 10.7. The van der Waals surface area contributed by atoms with Gasteiger partial charge in [-0.15, -0.1) is 0 Å². The van der Waals surface area contributed by atoms with E-state index in [0.717, 1.165) is 13.1 Å². The summed E-state index contributed by atoms with van der Waals surface area (Å²) in [6.45, 7) is 6.08. The summed E-state index contributed by atoms with van der Waals surface area (Å²) in [5.74, 6) is 0.934. The van der Waals surface area contributed by atoms with E-state index in [0.29, 0.717) is 18.9 Å². The first-order valence-electron chi connectivity index (χ1n) is 7.00. The van der Waals surface area contributed by atoms with Gasteiger partial charge < -0.3 is 15.5 Å². The molecule has 2 aliphatic heterocycles. The van der Waals surface area contributed by atoms with Crippen LogP contribution in [0.3, 0.4) is 0 Å². The molecule has 0 aromatic carbocycles. The molecule has 98 valence electrons. The maximum absolute atomic E-state index is 11.7. The predicted octanol–water partition coefficient (Wildman–Crippen LogP) is 0.670. The second-order valence-electron chi connectivity index (χ2n) is 5.39. The van der Waals surface area contributed by atoms with Crippen molar-refractivity contribution in [3.05, 3.63) is 0 Å². The van der Waals surface area contributed by atoms with Crippen LogP contribution >= 0.6 is 0 Å². The molecule has 4 heteroatoms. The first-order valence-corrected chi connectivity index (χ1v) is 7.00. The molecular formula is C13H25N3O. The monoisotopic (exact) mass is 239 g/mol. The maximum Gasteiger partial charge on any atom is 0.223 e. The number of carbonyl (C=O) groups excluding carboxylic acids is 1. The minimum absolute atomic E-state index is 0.244. The molecule has 2 saturated heterocycles. The van der Waals surface area contributed by atoms with Gasteiger partial charge in [0.05, 0.1) is 0 Å². The quantitative estimate of drug-likeness (QED) is 0.784. The first kappa shape index (κ1) is 12.8. The highest BCUT2D eigenvalue weighted by Crippen LogP contribution is 2.20. The minimum atomic E-state index is 0.244. The number of carbonyl (C=O) groups is 1. The maximum atomic E-state index is 11.7. The van der Waals surface area contributed by atoms with E-state index in [1.54, 1.807) is 0 Å². The molecule has 0 saturated carbocycles. The molecule has 0 aromatic rings. The van der Waals surface area contributed by atoms with Gasteiger partial charge in [0.15, 0.2) is 0 Å². The normalized spacial score (nSPS) is 26.4. The summed E-state index contributed by atoms with van der Waals surface area (Å²) in [6, 6.07) is 0. The number of likely N-dealkylation sites (tertiary alicyclic amines) is 2. The summed E-state index contributed by atoms with van der Waals surface area (Å²) in [5, 5.41) is 0. The summed E-state index contributed by atoms with van der Waals surface area (Å²) >= 11 is 0. The highest BCUT2D eigenvalue weighted by Gasteiger charge is 2.27. The zero-order chi connectivity index (χ0) is 12.1. The molecule has 1 amide bonds. The van der Waals surface area contributed by atoms with Gasteiger partial charge in [0.25, 0.3) is 0 Å². The molecule has 2 heterocycles. The number of amides is 1. The molecule has 1 unspecified atom stereocenters. The third-order valence-corrected chi connectivity index (χ3v) is 3.96. The molecule has 2 fully saturated rings. The molecule has 0 bridgehead atoms. The van der Waals surface area contributed by atoms with Gasteiger partial charge in [-0.2, -0.15) is 0 Å². The summed E-state index contributed by atoms with van der Waals surface area (Å²) < 4.78 is 0. The van der Waals surface area contributed by atoms with E-state index >= 15 is 0 Å². The van der Waals surface area contributed by atoms with Crippen LogP contribution in [0.2, 0.25) is 0 Å². The molecular weight excluding hydrogens is 214 g/mol. The third kappa shape index (κ3) is 3.68. The lowest BCUT2D eigenvalue weighted by atomic mass is 10.1. The van der Waals surface area contributed by atoms with Crippen LogP contribution in [0.1, 0.15) is 32.1 Å². The molecule has 2 aliphatic rings. The van der Waals surface area contributed by atoms with E-state index in [4.69, 9.17) is 5.73 Å². The molecule has 0 spiro atoms. The number of piperidine rings is 1. The Labute approximate surface area is 104 Å². The second kappa shape index (κ2) is 6.36. The van der Waals surface area contributed by atoms with Crippen molar-refractivity contribution in [3.8, 4) is 0 Å². The fourth-order valence-corrected chi connectivity index (χ4v) is 3.00. The van der Waals surface area contributed by atoms with E-state index in [1.807, 2.05) is 4.90 Å². The highest BCUT2D eigenvalue weighted by molar-refractivity contribution is 5.76. The topological polar surface area (TPSA) is 49.6 Å². The van der Waals surface area contributed by atoms with Gasteiger partial charge in [-0.1, -0.05) is 6.42 Å². The van der Waals surface area contributed by atoms with Crippen LogP contribution < -0.4 is 5.73 Å². The highest BCUT2D eigenvalue weighted by atomic mass is 16.2. The molecule has 2 N–H and O–H groups in total. The number of rotatable bonds is 4. The summed E-state index contributed by atoms with van der Waals surface area (Å²) in [6.07, 6.45) is 5.77. The minimum Gasteiger partial charge on any atom is -0.342 e. The van der Waals surface area contributed by atoms with Gasteiger partial charge in [-0.05, 0) is 38.3 Å². The molecule has 0 radical (unpaired) electrons. The van der Waals surface area contributed by atoms with E-state index in [1.165, 1.54) is 45.3 Å². The van der Waals surface area contributed by atoms with E-state index in [2.05, 4.69) is 4.90 Å². The van der Waals surface area contributed by atoms with Gasteiger partial charge in [0.1, 0.15) is 0 Å². The lowest BCUT2D eigenvalue weighted by Crippen LogP contribution is -2.36. The number of nitrogens with zero attached hydrogens (tertiary/aromatic N) is 2. The van der Waals surface area contributed by atoms with Crippen LogP contribution in [0.15, 0.2) is 0 Å². The van der Waals surface area contributed by atoms with E-state index in [9.17, 15) is 4.79 Å². The number of hydrogen-bond acceptors (Lipinski definition) is 3. The Balaban J connectivity index is 1.71. The van der Waals surface area contributed by atoms with Gasteiger partial charge in [0, 0.05) is 32.6 Å². The average Bonchev–Trinajstić information content (AvgIpc) is 2.79. The van der Waals surface area contributed by atoms with Crippen LogP contribution in [0.25, 0.3) is 0 Å². The Morgan fingerprint density at radius 3 is 2.65 bits per heavy atom. The van der Waals surface area contributed by atoms with Crippen LogP contribution in [0, 0.1) is 5.92 Å². The SMILES string of the molecule is NCCC(=O)N1CCC(CN2CCCCC2)C1. The Morgan fingerprint density at radius 1 is 1.18 bits per heavy atom. The molecule has 0 aromatic heterocycles. The number of nitrogens with two attached hydrogens (primary N) is 1. The molecule has 4 nitrogen and oxygen atoms in total. The average molecular weight is 239 g/mol. The second-order valence-corrected chi connectivity index (χ2v) is 5.39. The summed E-state index contributed by atoms with van der Waals surface area (Å²) in [4.78, 5) is 16.3. The van der Waals surface area contributed by atoms with E-state index in [-0.39, 0.29) is 5.91 Å². The third-order valence-electron chi connectivity index (χ3n) is 3.96. The van der Waals surface area contributed by atoms with Gasteiger partial charge in [0.2, 0.25) is 5.91 Å². The Morgan fingerprint density at radius 2 is 1.94 bits per heavy atom. The zero-order valence-corrected chi connectivity index (χ0v) is 10.7. The Hall–Kier alpha value is -0.610. The van der Waals surface area contributed by atoms with Crippen molar-refractivity contribution >= 4 is 5.91 Å². The lowest BCUT2D eigenvalue weighted by molar-refractivity contribution is -0.130. The van der Waals surface area contributed by atoms with Crippen molar-refractivity contribution in [2.45, 2.75) is 32.1 Å². The Bertz CT molecular complexity index is 251. The molecule has 17 heavy (non-hydrogen) atoms. The van der Waals surface area contributed by atoms with Gasteiger partial charge >= 0.3 is 0 Å². The van der Waals surface area contributed by atoms with Crippen molar-refractivity contribution in [1.82, 2.24) is 9.80 Å². The van der Waals surface area contributed by atoms with Gasteiger partial charge in [-0.3, -0.25) is 4.79 Å². The van der Waals surface area contributed by atoms with Crippen molar-refractivity contribution in [2.24, 2.45) is 11.7 Å². The van der Waals surface area contributed by atoms with Crippen LogP contribution in [0.4, 0.5) is 0 Å². The van der Waals surface area contributed by atoms with Crippen molar-refractivity contribution in [1.29, 1.82) is 0 Å². The number of hydrogen-bond donors (Lipinski definition) is 1. The summed E-state index contributed by atoms with van der Waals surface area (Å²) in [7, 11) is 0. The smallest absolute Gasteiger partial charge is 0.223 e. The van der Waals surface area contributed by atoms with Crippen molar-refractivity contribution in [3.63, 3.8) is 0 Å². The Kier molecular flexibility index (Phi) is 4.80. The van der Waals surface area contributed by atoms with Crippen molar-refractivity contribution < 1.29 is 4.79 Å². The fourth-order valence-electron chi connectivity index (χ4n) is 3.00. The van der Waals surface area contributed by atoms with Crippen LogP contribution in [0.5, 0.6) is 0 Å². The first-order chi connectivity index (χ1) is 8.29. The summed E-state index contributed by atoms with van der Waals surface area (Å²) in [5.41, 5.74) is 5.43. The van der Waals surface area contributed by atoms with Crippen LogP contribution in [-0.2, 0) is 4.79 Å².